The van der Waals surface area contributed by atoms with Crippen molar-refractivity contribution in [3.63, 3.8) is 0 Å². The Labute approximate surface area is 130 Å². The number of hydrogen-bond acceptors (Lipinski definition) is 2. The van der Waals surface area contributed by atoms with Crippen LogP contribution in [0, 0.1) is 11.8 Å². The van der Waals surface area contributed by atoms with E-state index in [1.807, 2.05) is 6.07 Å². The molecule has 1 aromatic carbocycles. The van der Waals surface area contributed by atoms with Crippen molar-refractivity contribution in [3.8, 4) is 11.8 Å². The topological polar surface area (TPSA) is 23.5 Å². The minimum atomic E-state index is 0.130. The molecule has 0 radical (unpaired) electrons. The van der Waals surface area contributed by atoms with E-state index in [0.717, 1.165) is 18.7 Å². The largest absolute Gasteiger partial charge is 0.395 e. The van der Waals surface area contributed by atoms with Crippen LogP contribution >= 0.6 is 0 Å². The van der Waals surface area contributed by atoms with Crippen LogP contribution in [-0.2, 0) is 6.54 Å². The first-order chi connectivity index (χ1) is 10.2. The first-order valence-electron chi connectivity index (χ1n) is 8.14. The highest BCUT2D eigenvalue weighted by atomic mass is 16.2. The Morgan fingerprint density at radius 1 is 1.29 bits per heavy atom. The summed E-state index contributed by atoms with van der Waals surface area (Å²) in [4.78, 5) is 2.56. The van der Waals surface area contributed by atoms with E-state index >= 15 is 0 Å². The van der Waals surface area contributed by atoms with E-state index in [1.165, 1.54) is 24.8 Å². The van der Waals surface area contributed by atoms with E-state index < -0.39 is 0 Å². The second-order valence-corrected chi connectivity index (χ2v) is 5.56. The van der Waals surface area contributed by atoms with Crippen molar-refractivity contribution in [1.82, 2.24) is 4.90 Å². The van der Waals surface area contributed by atoms with Crippen LogP contribution < -0.4 is 0 Å². The predicted octanol–water partition coefficient (Wildman–Crippen LogP) is 3.82. The van der Waals surface area contributed by atoms with Crippen LogP contribution in [0.3, 0.4) is 0 Å². The van der Waals surface area contributed by atoms with Gasteiger partial charge in [-0.3, -0.25) is 4.90 Å². The highest BCUT2D eigenvalue weighted by Crippen LogP contribution is 2.13. The monoisotopic (exact) mass is 287 g/mol. The summed E-state index contributed by atoms with van der Waals surface area (Å²) in [5, 5.41) is 8.78. The lowest BCUT2D eigenvalue weighted by molar-refractivity contribution is 0.192. The summed E-state index contributed by atoms with van der Waals surface area (Å²) in [6.45, 7) is 9.08. The molecule has 1 aromatic rings. The Bertz CT molecular complexity index is 458. The molecule has 0 saturated carbocycles. The van der Waals surface area contributed by atoms with Crippen molar-refractivity contribution in [1.29, 1.82) is 0 Å². The Morgan fingerprint density at radius 3 is 2.76 bits per heavy atom. The Balaban J connectivity index is 2.74. The van der Waals surface area contributed by atoms with Crippen LogP contribution in [0.2, 0.25) is 0 Å². The Hall–Kier alpha value is -1.30. The van der Waals surface area contributed by atoms with Crippen molar-refractivity contribution in [2.45, 2.75) is 59.0 Å². The van der Waals surface area contributed by atoms with Crippen LogP contribution in [0.15, 0.2) is 24.3 Å². The van der Waals surface area contributed by atoms with Gasteiger partial charge in [0.2, 0.25) is 0 Å². The normalized spacial score (nSPS) is 12.0. The highest BCUT2D eigenvalue weighted by Gasteiger charge is 2.12. The summed E-state index contributed by atoms with van der Waals surface area (Å²) in [7, 11) is 0. The quantitative estimate of drug-likeness (QED) is 0.735. The lowest BCUT2D eigenvalue weighted by atomic mass is 10.1. The number of unbranched alkanes of at least 4 members (excludes halogenated alkanes) is 1. The first-order valence-corrected chi connectivity index (χ1v) is 8.14. The van der Waals surface area contributed by atoms with Gasteiger partial charge in [0, 0.05) is 24.6 Å². The van der Waals surface area contributed by atoms with E-state index in [-0.39, 0.29) is 6.61 Å². The zero-order valence-electron chi connectivity index (χ0n) is 13.7. The molecule has 0 aromatic heterocycles. The lowest BCUT2D eigenvalue weighted by Crippen LogP contribution is -2.33. The van der Waals surface area contributed by atoms with Gasteiger partial charge in [-0.25, -0.2) is 0 Å². The molecule has 1 N–H and O–H groups in total. The van der Waals surface area contributed by atoms with Gasteiger partial charge in [-0.15, -0.1) is 0 Å². The van der Waals surface area contributed by atoms with E-state index in [0.29, 0.717) is 12.5 Å². The van der Waals surface area contributed by atoms with Gasteiger partial charge in [0.1, 0.15) is 0 Å². The van der Waals surface area contributed by atoms with Crippen molar-refractivity contribution < 1.29 is 5.11 Å². The fraction of sp³-hybridized carbons (Fsp3) is 0.579. The molecular formula is C19H29NO. The zero-order chi connectivity index (χ0) is 15.5. The molecule has 0 saturated heterocycles. The molecule has 116 valence electrons. The van der Waals surface area contributed by atoms with Gasteiger partial charge in [0.15, 0.2) is 0 Å². The molecule has 0 heterocycles. The van der Waals surface area contributed by atoms with Crippen molar-refractivity contribution in [2.75, 3.05) is 13.2 Å². The van der Waals surface area contributed by atoms with Crippen LogP contribution in [-0.4, -0.2) is 29.2 Å². The minimum absolute atomic E-state index is 0.130. The first kappa shape index (κ1) is 17.8. The van der Waals surface area contributed by atoms with Gasteiger partial charge >= 0.3 is 0 Å². The van der Waals surface area contributed by atoms with Gasteiger partial charge in [-0.2, -0.15) is 0 Å². The SMILES string of the molecule is CCCCN(Cc1cccc(C#CCCO)c1)C(C)CC. The van der Waals surface area contributed by atoms with Crippen molar-refractivity contribution in [3.05, 3.63) is 35.4 Å². The van der Waals surface area contributed by atoms with Crippen molar-refractivity contribution >= 4 is 0 Å². The number of aliphatic hydroxyl groups is 1. The molecule has 2 nitrogen and oxygen atoms in total. The molecule has 1 rings (SSSR count). The smallest absolute Gasteiger partial charge is 0.0540 e. The average molecular weight is 287 g/mol. The molecule has 0 fully saturated rings. The number of nitrogens with zero attached hydrogens (tertiary/aromatic N) is 1. The molecule has 0 aliphatic heterocycles. The van der Waals surface area contributed by atoms with E-state index in [9.17, 15) is 0 Å². The fourth-order valence-corrected chi connectivity index (χ4v) is 2.28. The van der Waals surface area contributed by atoms with Crippen LogP contribution in [0.5, 0.6) is 0 Å². The maximum absolute atomic E-state index is 8.78. The minimum Gasteiger partial charge on any atom is -0.395 e. The van der Waals surface area contributed by atoms with Gasteiger partial charge in [-0.05, 0) is 44.0 Å². The number of rotatable bonds is 8. The molecular weight excluding hydrogens is 258 g/mol. The molecule has 0 bridgehead atoms. The Morgan fingerprint density at radius 2 is 2.10 bits per heavy atom. The van der Waals surface area contributed by atoms with Gasteiger partial charge in [0.05, 0.1) is 6.61 Å². The predicted molar refractivity (Wildman–Crippen MR) is 90.1 cm³/mol. The third-order valence-electron chi connectivity index (χ3n) is 3.80. The van der Waals surface area contributed by atoms with Crippen LogP contribution in [0.1, 0.15) is 57.6 Å². The standard InChI is InChI=1S/C19H29NO/c1-4-6-13-20(17(3)5-2)16-19-12-9-11-18(15-19)10-7-8-14-21/h9,11-12,15,17,21H,4-6,8,13-14,16H2,1-3H3. The zero-order valence-corrected chi connectivity index (χ0v) is 13.7. The maximum atomic E-state index is 8.78. The van der Waals surface area contributed by atoms with Crippen LogP contribution in [0.25, 0.3) is 0 Å². The average Bonchev–Trinajstić information content (AvgIpc) is 2.51. The fourth-order valence-electron chi connectivity index (χ4n) is 2.28. The number of aliphatic hydroxyl groups excluding tert-OH is 1. The highest BCUT2D eigenvalue weighted by molar-refractivity contribution is 5.37. The summed E-state index contributed by atoms with van der Waals surface area (Å²) >= 11 is 0. The summed E-state index contributed by atoms with van der Waals surface area (Å²) in [6, 6.07) is 9.07. The third-order valence-corrected chi connectivity index (χ3v) is 3.80. The lowest BCUT2D eigenvalue weighted by Gasteiger charge is -2.28. The summed E-state index contributed by atoms with van der Waals surface area (Å²) in [5.41, 5.74) is 2.36. The number of benzene rings is 1. The summed E-state index contributed by atoms with van der Waals surface area (Å²) < 4.78 is 0. The summed E-state index contributed by atoms with van der Waals surface area (Å²) in [6.07, 6.45) is 4.21. The second kappa shape index (κ2) is 10.4. The third kappa shape index (κ3) is 6.80. The van der Waals surface area contributed by atoms with E-state index in [1.54, 1.807) is 0 Å². The Kier molecular flexibility index (Phi) is 8.82. The molecule has 1 atom stereocenters. The molecule has 0 aliphatic carbocycles. The van der Waals surface area contributed by atoms with Gasteiger partial charge in [0.25, 0.3) is 0 Å². The van der Waals surface area contributed by atoms with E-state index in [4.69, 9.17) is 5.11 Å². The molecule has 2 heteroatoms. The molecule has 1 unspecified atom stereocenters. The van der Waals surface area contributed by atoms with Gasteiger partial charge in [-0.1, -0.05) is 44.2 Å². The molecule has 21 heavy (non-hydrogen) atoms. The second-order valence-electron chi connectivity index (χ2n) is 5.56. The maximum Gasteiger partial charge on any atom is 0.0540 e. The van der Waals surface area contributed by atoms with Crippen molar-refractivity contribution in [2.24, 2.45) is 0 Å². The van der Waals surface area contributed by atoms with E-state index in [2.05, 4.69) is 55.7 Å². The molecule has 0 spiro atoms. The van der Waals surface area contributed by atoms with Crippen LogP contribution in [0.4, 0.5) is 0 Å². The molecule has 0 amide bonds. The summed E-state index contributed by atoms with van der Waals surface area (Å²) in [5.74, 6) is 6.10. The number of hydrogen-bond donors (Lipinski definition) is 1. The van der Waals surface area contributed by atoms with Gasteiger partial charge < -0.3 is 5.11 Å². The molecule has 0 aliphatic rings.